The van der Waals surface area contributed by atoms with Crippen LogP contribution < -0.4 is 15.4 Å². The Hall–Kier alpha value is -2.72. The average molecular weight is 351 g/mol. The number of sulfonamides is 1. The van der Waals surface area contributed by atoms with Gasteiger partial charge < -0.3 is 10.6 Å². The standard InChI is InChI=1S/C14H17N5O4S/c1-15-24(22,23)11-5-6-12(13(10-11)19(20)21)16-8-9-18-14-4-2-3-7-17-14/h2-7,10,15-16H,8-9H2,1H3,(H,17,18). The number of benzene rings is 1. The maximum atomic E-state index is 11.7. The van der Waals surface area contributed by atoms with Gasteiger partial charge >= 0.3 is 0 Å². The predicted octanol–water partition coefficient (Wildman–Crippen LogP) is 1.42. The van der Waals surface area contributed by atoms with Gasteiger partial charge in [-0.3, -0.25) is 10.1 Å². The van der Waals surface area contributed by atoms with Crippen molar-refractivity contribution >= 4 is 27.2 Å². The van der Waals surface area contributed by atoms with Crippen LogP contribution in [-0.4, -0.2) is 38.5 Å². The van der Waals surface area contributed by atoms with Crippen LogP contribution >= 0.6 is 0 Å². The van der Waals surface area contributed by atoms with Gasteiger partial charge in [-0.1, -0.05) is 6.07 Å². The fourth-order valence-corrected chi connectivity index (χ4v) is 2.70. The van der Waals surface area contributed by atoms with Crippen molar-refractivity contribution < 1.29 is 13.3 Å². The molecule has 0 saturated heterocycles. The summed E-state index contributed by atoms with van der Waals surface area (Å²) in [5, 5.41) is 17.1. The summed E-state index contributed by atoms with van der Waals surface area (Å²) in [5.74, 6) is 0.698. The molecule has 1 aromatic heterocycles. The first-order valence-corrected chi connectivity index (χ1v) is 8.53. The van der Waals surface area contributed by atoms with Gasteiger partial charge in [0, 0.05) is 25.4 Å². The zero-order valence-corrected chi connectivity index (χ0v) is 13.7. The zero-order chi connectivity index (χ0) is 17.6. The van der Waals surface area contributed by atoms with Crippen molar-refractivity contribution in [3.05, 3.63) is 52.7 Å². The van der Waals surface area contributed by atoms with Gasteiger partial charge in [0.2, 0.25) is 10.0 Å². The van der Waals surface area contributed by atoms with Gasteiger partial charge in [0.05, 0.1) is 9.82 Å². The van der Waals surface area contributed by atoms with Crippen molar-refractivity contribution in [3.8, 4) is 0 Å². The lowest BCUT2D eigenvalue weighted by Gasteiger charge is -2.10. The van der Waals surface area contributed by atoms with Crippen molar-refractivity contribution in [2.75, 3.05) is 30.8 Å². The molecule has 10 heteroatoms. The number of hydrogen-bond acceptors (Lipinski definition) is 7. The highest BCUT2D eigenvalue weighted by molar-refractivity contribution is 7.89. The number of nitrogens with zero attached hydrogens (tertiary/aromatic N) is 2. The molecule has 0 atom stereocenters. The summed E-state index contributed by atoms with van der Waals surface area (Å²) in [6, 6.07) is 9.17. The molecule has 0 amide bonds. The molecule has 0 radical (unpaired) electrons. The fourth-order valence-electron chi connectivity index (χ4n) is 1.95. The highest BCUT2D eigenvalue weighted by Gasteiger charge is 2.20. The smallest absolute Gasteiger partial charge is 0.293 e. The SMILES string of the molecule is CNS(=O)(=O)c1ccc(NCCNc2ccccn2)c([N+](=O)[O-])c1. The first kappa shape index (κ1) is 17.6. The molecule has 0 aliphatic carbocycles. The van der Waals surface area contributed by atoms with Gasteiger partial charge in [-0.2, -0.15) is 0 Å². The molecule has 0 aliphatic rings. The number of nitro benzene ring substituents is 1. The monoisotopic (exact) mass is 351 g/mol. The van der Waals surface area contributed by atoms with Crippen LogP contribution in [0.1, 0.15) is 0 Å². The van der Waals surface area contributed by atoms with Crippen LogP contribution in [0.25, 0.3) is 0 Å². The van der Waals surface area contributed by atoms with E-state index in [1.807, 2.05) is 6.07 Å². The second-order valence-electron chi connectivity index (χ2n) is 4.71. The van der Waals surface area contributed by atoms with Crippen LogP contribution in [0.5, 0.6) is 0 Å². The summed E-state index contributed by atoms with van der Waals surface area (Å²) < 4.78 is 25.6. The largest absolute Gasteiger partial charge is 0.378 e. The Kier molecular flexibility index (Phi) is 5.66. The summed E-state index contributed by atoms with van der Waals surface area (Å²) in [6.45, 7) is 0.889. The van der Waals surface area contributed by atoms with Gasteiger partial charge in [0.25, 0.3) is 5.69 Å². The number of nitrogens with one attached hydrogen (secondary N) is 3. The predicted molar refractivity (Wildman–Crippen MR) is 90.6 cm³/mol. The zero-order valence-electron chi connectivity index (χ0n) is 12.9. The molecule has 0 aliphatic heterocycles. The van der Waals surface area contributed by atoms with E-state index in [0.29, 0.717) is 18.9 Å². The molecule has 2 aromatic rings. The molecule has 9 nitrogen and oxygen atoms in total. The normalized spacial score (nSPS) is 11.0. The highest BCUT2D eigenvalue weighted by atomic mass is 32.2. The third-order valence-corrected chi connectivity index (χ3v) is 4.57. The minimum atomic E-state index is -3.73. The first-order chi connectivity index (χ1) is 11.4. The number of hydrogen-bond donors (Lipinski definition) is 3. The lowest BCUT2D eigenvalue weighted by Crippen LogP contribution is -2.19. The Labute approximate surface area is 139 Å². The topological polar surface area (TPSA) is 126 Å². The lowest BCUT2D eigenvalue weighted by molar-refractivity contribution is -0.384. The third-order valence-electron chi connectivity index (χ3n) is 3.16. The Morgan fingerprint density at radius 1 is 1.17 bits per heavy atom. The fraction of sp³-hybridized carbons (Fsp3) is 0.214. The Balaban J connectivity index is 2.05. The van der Waals surface area contributed by atoms with Crippen LogP contribution in [0.3, 0.4) is 0 Å². The van der Waals surface area contributed by atoms with E-state index in [2.05, 4.69) is 20.3 Å². The molecule has 1 heterocycles. The van der Waals surface area contributed by atoms with Crippen molar-refractivity contribution in [2.24, 2.45) is 0 Å². The Bertz CT molecular complexity index is 811. The molecular weight excluding hydrogens is 334 g/mol. The molecule has 24 heavy (non-hydrogen) atoms. The van der Waals surface area contributed by atoms with Crippen molar-refractivity contribution in [3.63, 3.8) is 0 Å². The minimum Gasteiger partial charge on any atom is -0.378 e. The second-order valence-corrected chi connectivity index (χ2v) is 6.60. The van der Waals surface area contributed by atoms with E-state index in [4.69, 9.17) is 0 Å². The van der Waals surface area contributed by atoms with Crippen LogP contribution in [0, 0.1) is 10.1 Å². The van der Waals surface area contributed by atoms with E-state index in [1.165, 1.54) is 19.2 Å². The van der Waals surface area contributed by atoms with Crippen molar-refractivity contribution in [1.29, 1.82) is 0 Å². The maximum Gasteiger partial charge on any atom is 0.293 e. The summed E-state index contributed by atoms with van der Waals surface area (Å²) in [5.41, 5.74) is -0.0537. The van der Waals surface area contributed by atoms with Gasteiger partial charge in [0.15, 0.2) is 0 Å². The van der Waals surface area contributed by atoms with Crippen molar-refractivity contribution in [2.45, 2.75) is 4.90 Å². The van der Waals surface area contributed by atoms with E-state index in [0.717, 1.165) is 6.07 Å². The summed E-state index contributed by atoms with van der Waals surface area (Å²) in [4.78, 5) is 14.5. The number of rotatable bonds is 8. The molecular formula is C14H17N5O4S. The Morgan fingerprint density at radius 2 is 1.92 bits per heavy atom. The van der Waals surface area contributed by atoms with Crippen LogP contribution in [0.2, 0.25) is 0 Å². The van der Waals surface area contributed by atoms with E-state index in [-0.39, 0.29) is 16.3 Å². The molecule has 0 fully saturated rings. The number of nitro groups is 1. The van der Waals surface area contributed by atoms with Crippen LogP contribution in [-0.2, 0) is 10.0 Å². The van der Waals surface area contributed by atoms with Crippen LogP contribution in [0.15, 0.2) is 47.5 Å². The molecule has 0 saturated carbocycles. The summed E-state index contributed by atoms with van der Waals surface area (Å²) >= 11 is 0. The van der Waals surface area contributed by atoms with Crippen LogP contribution in [0.4, 0.5) is 17.2 Å². The highest BCUT2D eigenvalue weighted by Crippen LogP contribution is 2.27. The minimum absolute atomic E-state index is 0.158. The molecule has 1 aromatic carbocycles. The molecule has 2 rings (SSSR count). The van der Waals surface area contributed by atoms with E-state index < -0.39 is 14.9 Å². The lowest BCUT2D eigenvalue weighted by atomic mass is 10.2. The van der Waals surface area contributed by atoms with E-state index >= 15 is 0 Å². The maximum absolute atomic E-state index is 11.7. The average Bonchev–Trinajstić information content (AvgIpc) is 2.59. The molecule has 0 spiro atoms. The Morgan fingerprint density at radius 3 is 2.54 bits per heavy atom. The van der Waals surface area contributed by atoms with Gasteiger partial charge in [-0.05, 0) is 31.3 Å². The summed E-state index contributed by atoms with van der Waals surface area (Å²) in [7, 11) is -2.49. The molecule has 0 bridgehead atoms. The van der Waals surface area contributed by atoms with Gasteiger partial charge in [-0.15, -0.1) is 0 Å². The van der Waals surface area contributed by atoms with E-state index in [9.17, 15) is 18.5 Å². The van der Waals surface area contributed by atoms with Crippen molar-refractivity contribution in [1.82, 2.24) is 9.71 Å². The molecule has 128 valence electrons. The molecule has 3 N–H and O–H groups in total. The number of aromatic nitrogens is 1. The number of pyridine rings is 1. The quantitative estimate of drug-likeness (QED) is 0.373. The first-order valence-electron chi connectivity index (χ1n) is 7.05. The van der Waals surface area contributed by atoms with E-state index in [1.54, 1.807) is 18.3 Å². The van der Waals surface area contributed by atoms with Gasteiger partial charge in [-0.25, -0.2) is 18.1 Å². The summed E-state index contributed by atoms with van der Waals surface area (Å²) in [6.07, 6.45) is 1.65. The second kappa shape index (κ2) is 7.70. The number of anilines is 2. The van der Waals surface area contributed by atoms with Gasteiger partial charge in [0.1, 0.15) is 11.5 Å². The molecule has 0 unspecified atom stereocenters. The third kappa shape index (κ3) is 4.40.